The number of carbonyl (C=O) groups excluding carboxylic acids is 1. The minimum absolute atomic E-state index is 0.0940. The molecule has 2 aromatic rings. The number of esters is 1. The number of rotatable bonds is 7. The van der Waals surface area contributed by atoms with Gasteiger partial charge in [0.2, 0.25) is 0 Å². The van der Waals surface area contributed by atoms with Gasteiger partial charge in [-0.1, -0.05) is 18.5 Å². The largest absolute Gasteiger partial charge is 0.482 e. The van der Waals surface area contributed by atoms with Gasteiger partial charge in [0.15, 0.2) is 6.61 Å². The molecule has 0 atom stereocenters. The molecular weight excluding hydrogens is 373 g/mol. The Morgan fingerprint density at radius 1 is 1.08 bits per heavy atom. The lowest BCUT2D eigenvalue weighted by Gasteiger charge is -2.11. The van der Waals surface area contributed by atoms with E-state index in [1.54, 1.807) is 24.3 Å². The fourth-order valence-corrected chi connectivity index (χ4v) is 2.11. The standard InChI is InChI=1S/C18H16ClF3O4/c1-2-9-24-17(23)11-25-13-4-6-14(7-5-13)26-16-8-3-12(10-15(16)19)18(20,21)22/h3-8,10H,2,9,11H2,1H3. The lowest BCUT2D eigenvalue weighted by molar-refractivity contribution is -0.146. The van der Waals surface area contributed by atoms with E-state index in [4.69, 9.17) is 25.8 Å². The van der Waals surface area contributed by atoms with Crippen LogP contribution in [0.5, 0.6) is 17.2 Å². The van der Waals surface area contributed by atoms with Crippen molar-refractivity contribution < 1.29 is 32.2 Å². The van der Waals surface area contributed by atoms with Crippen molar-refractivity contribution in [2.75, 3.05) is 13.2 Å². The zero-order chi connectivity index (χ0) is 19.2. The summed E-state index contributed by atoms with van der Waals surface area (Å²) in [5.41, 5.74) is -0.853. The van der Waals surface area contributed by atoms with Crippen LogP contribution in [0, 0.1) is 0 Å². The average molecular weight is 389 g/mol. The fourth-order valence-electron chi connectivity index (χ4n) is 1.89. The van der Waals surface area contributed by atoms with Crippen LogP contribution in [0.2, 0.25) is 5.02 Å². The first-order chi connectivity index (χ1) is 12.3. The highest BCUT2D eigenvalue weighted by atomic mass is 35.5. The zero-order valence-corrected chi connectivity index (χ0v) is 14.6. The first-order valence-corrected chi connectivity index (χ1v) is 8.10. The quantitative estimate of drug-likeness (QED) is 0.589. The molecule has 140 valence electrons. The molecule has 2 aromatic carbocycles. The van der Waals surface area contributed by atoms with Gasteiger partial charge < -0.3 is 14.2 Å². The molecule has 0 N–H and O–H groups in total. The average Bonchev–Trinajstić information content (AvgIpc) is 2.60. The lowest BCUT2D eigenvalue weighted by atomic mass is 10.2. The van der Waals surface area contributed by atoms with Gasteiger partial charge in [-0.15, -0.1) is 0 Å². The second kappa shape index (κ2) is 8.80. The summed E-state index contributed by atoms with van der Waals surface area (Å²) in [6.45, 7) is 2.00. The van der Waals surface area contributed by atoms with Gasteiger partial charge in [0.05, 0.1) is 17.2 Å². The molecule has 0 radical (unpaired) electrons. The number of carbonyl (C=O) groups is 1. The zero-order valence-electron chi connectivity index (χ0n) is 13.8. The molecule has 0 fully saturated rings. The molecule has 26 heavy (non-hydrogen) atoms. The highest BCUT2D eigenvalue weighted by molar-refractivity contribution is 6.32. The van der Waals surface area contributed by atoms with E-state index in [0.29, 0.717) is 18.1 Å². The van der Waals surface area contributed by atoms with E-state index in [-0.39, 0.29) is 17.4 Å². The summed E-state index contributed by atoms with van der Waals surface area (Å²) in [5, 5.41) is -0.154. The van der Waals surface area contributed by atoms with Crippen LogP contribution in [0.3, 0.4) is 0 Å². The van der Waals surface area contributed by atoms with Gasteiger partial charge in [-0.2, -0.15) is 13.2 Å². The third-order valence-electron chi connectivity index (χ3n) is 3.13. The van der Waals surface area contributed by atoms with Gasteiger partial charge in [-0.05, 0) is 48.9 Å². The molecule has 0 unspecified atom stereocenters. The van der Waals surface area contributed by atoms with Crippen molar-refractivity contribution >= 4 is 17.6 Å². The highest BCUT2D eigenvalue weighted by Crippen LogP contribution is 2.36. The summed E-state index contributed by atoms with van der Waals surface area (Å²) < 4.78 is 53.5. The van der Waals surface area contributed by atoms with Crippen LogP contribution in [-0.2, 0) is 15.7 Å². The normalized spacial score (nSPS) is 11.1. The van der Waals surface area contributed by atoms with Crippen LogP contribution in [0.25, 0.3) is 0 Å². The van der Waals surface area contributed by atoms with Gasteiger partial charge in [0.25, 0.3) is 0 Å². The molecule has 0 aliphatic heterocycles. The van der Waals surface area contributed by atoms with E-state index >= 15 is 0 Å². The molecule has 0 aromatic heterocycles. The molecular formula is C18H16ClF3O4. The van der Waals surface area contributed by atoms with Gasteiger partial charge in [-0.25, -0.2) is 4.79 Å². The Labute approximate surface area is 153 Å². The number of hydrogen-bond acceptors (Lipinski definition) is 4. The first-order valence-electron chi connectivity index (χ1n) is 7.72. The molecule has 8 heteroatoms. The number of ether oxygens (including phenoxy) is 3. The van der Waals surface area contributed by atoms with Crippen molar-refractivity contribution in [3.63, 3.8) is 0 Å². The smallest absolute Gasteiger partial charge is 0.416 e. The molecule has 0 saturated carbocycles. The number of halogens is 4. The maximum Gasteiger partial charge on any atom is 0.416 e. The van der Waals surface area contributed by atoms with Crippen LogP contribution in [0.15, 0.2) is 42.5 Å². The van der Waals surface area contributed by atoms with Crippen LogP contribution in [-0.4, -0.2) is 19.2 Å². The maximum atomic E-state index is 12.6. The molecule has 0 aliphatic rings. The number of alkyl halides is 3. The Bertz CT molecular complexity index is 745. The van der Waals surface area contributed by atoms with Crippen LogP contribution < -0.4 is 9.47 Å². The molecule has 0 saturated heterocycles. The Balaban J connectivity index is 1.96. The Morgan fingerprint density at radius 3 is 2.31 bits per heavy atom. The van der Waals surface area contributed by atoms with E-state index in [1.165, 1.54) is 0 Å². The summed E-state index contributed by atoms with van der Waals surface area (Å²) in [6.07, 6.45) is -3.75. The predicted molar refractivity (Wildman–Crippen MR) is 89.7 cm³/mol. The third kappa shape index (κ3) is 5.84. The monoisotopic (exact) mass is 388 g/mol. The Kier molecular flexibility index (Phi) is 6.74. The third-order valence-corrected chi connectivity index (χ3v) is 3.43. The summed E-state index contributed by atoms with van der Waals surface area (Å²) in [6, 6.07) is 9.04. The second-order valence-corrected chi connectivity index (χ2v) is 5.63. The van der Waals surface area contributed by atoms with Gasteiger partial charge in [-0.3, -0.25) is 0 Å². The minimum Gasteiger partial charge on any atom is -0.482 e. The summed E-state index contributed by atoms with van der Waals surface area (Å²) in [5.74, 6) is 0.400. The van der Waals surface area contributed by atoms with Crippen LogP contribution in [0.1, 0.15) is 18.9 Å². The molecule has 0 amide bonds. The number of hydrogen-bond donors (Lipinski definition) is 0. The van der Waals surface area contributed by atoms with Crippen molar-refractivity contribution in [2.45, 2.75) is 19.5 Å². The predicted octanol–water partition coefficient (Wildman–Crippen LogP) is 5.48. The first kappa shape index (κ1) is 19.9. The van der Waals surface area contributed by atoms with Gasteiger partial charge >= 0.3 is 12.1 Å². The lowest BCUT2D eigenvalue weighted by Crippen LogP contribution is -2.15. The second-order valence-electron chi connectivity index (χ2n) is 5.23. The van der Waals surface area contributed by atoms with E-state index < -0.39 is 17.7 Å². The van der Waals surface area contributed by atoms with Crippen molar-refractivity contribution in [3.05, 3.63) is 53.1 Å². The van der Waals surface area contributed by atoms with Crippen LogP contribution >= 0.6 is 11.6 Å². The molecule has 0 spiro atoms. The molecule has 0 aliphatic carbocycles. The minimum atomic E-state index is -4.47. The van der Waals surface area contributed by atoms with Crippen molar-refractivity contribution in [3.8, 4) is 17.2 Å². The van der Waals surface area contributed by atoms with Gasteiger partial charge in [0.1, 0.15) is 17.2 Å². The van der Waals surface area contributed by atoms with Crippen molar-refractivity contribution in [1.29, 1.82) is 0 Å². The Hall–Kier alpha value is -2.41. The van der Waals surface area contributed by atoms with E-state index in [1.807, 2.05) is 6.92 Å². The SMILES string of the molecule is CCCOC(=O)COc1ccc(Oc2ccc(C(F)(F)F)cc2Cl)cc1. The molecule has 2 rings (SSSR count). The van der Waals surface area contributed by atoms with Crippen LogP contribution in [0.4, 0.5) is 13.2 Å². The van der Waals surface area contributed by atoms with E-state index in [9.17, 15) is 18.0 Å². The highest BCUT2D eigenvalue weighted by Gasteiger charge is 2.31. The Morgan fingerprint density at radius 2 is 1.73 bits per heavy atom. The molecule has 0 heterocycles. The summed E-state index contributed by atoms with van der Waals surface area (Å²) in [4.78, 5) is 11.4. The maximum absolute atomic E-state index is 12.6. The molecule has 4 nitrogen and oxygen atoms in total. The summed E-state index contributed by atoms with van der Waals surface area (Å²) in [7, 11) is 0. The van der Waals surface area contributed by atoms with E-state index in [0.717, 1.165) is 24.6 Å². The number of benzene rings is 2. The van der Waals surface area contributed by atoms with Gasteiger partial charge in [0, 0.05) is 0 Å². The van der Waals surface area contributed by atoms with Crippen molar-refractivity contribution in [2.24, 2.45) is 0 Å². The van der Waals surface area contributed by atoms with Crippen molar-refractivity contribution in [1.82, 2.24) is 0 Å². The van der Waals surface area contributed by atoms with E-state index in [2.05, 4.69) is 0 Å². The topological polar surface area (TPSA) is 44.8 Å². The summed E-state index contributed by atoms with van der Waals surface area (Å²) >= 11 is 5.84. The molecule has 0 bridgehead atoms. The fraction of sp³-hybridized carbons (Fsp3) is 0.278.